The summed E-state index contributed by atoms with van der Waals surface area (Å²) >= 11 is 9.60. The first kappa shape index (κ1) is 18.4. The minimum Gasteiger partial charge on any atom is -0.484 e. The Hall–Kier alpha value is -1.37. The van der Waals surface area contributed by atoms with Crippen molar-refractivity contribution in [2.45, 2.75) is 11.0 Å². The molecule has 1 amide bonds. The highest BCUT2D eigenvalue weighted by Gasteiger charge is 2.16. The molecule has 3 rings (SSSR count). The zero-order chi connectivity index (χ0) is 17.6. The maximum atomic E-state index is 13.8. The lowest BCUT2D eigenvalue weighted by Gasteiger charge is -2.21. The number of benzene rings is 2. The Bertz CT molecular complexity index is 736. The number of halogens is 2. The van der Waals surface area contributed by atoms with Crippen LogP contribution in [0.4, 0.5) is 10.1 Å². The lowest BCUT2D eigenvalue weighted by molar-refractivity contribution is -0.118. The van der Waals surface area contributed by atoms with Crippen molar-refractivity contribution in [3.8, 4) is 5.75 Å². The average molecular weight is 398 g/mol. The van der Waals surface area contributed by atoms with Crippen LogP contribution in [-0.4, -0.2) is 24.0 Å². The summed E-state index contributed by atoms with van der Waals surface area (Å²) < 4.78 is 19.7. The van der Waals surface area contributed by atoms with E-state index in [1.54, 1.807) is 6.07 Å². The van der Waals surface area contributed by atoms with Crippen molar-refractivity contribution < 1.29 is 13.9 Å². The summed E-state index contributed by atoms with van der Waals surface area (Å²) in [5, 5.41) is 2.42. The lowest BCUT2D eigenvalue weighted by atomic mass is 10.2. The van der Waals surface area contributed by atoms with Gasteiger partial charge in [-0.05, 0) is 47.8 Å². The van der Waals surface area contributed by atoms with E-state index >= 15 is 0 Å². The van der Waals surface area contributed by atoms with Crippen LogP contribution in [-0.2, 0) is 4.79 Å². The van der Waals surface area contributed by atoms with Crippen molar-refractivity contribution in [2.24, 2.45) is 0 Å². The van der Waals surface area contributed by atoms with Gasteiger partial charge in [0.25, 0.3) is 5.91 Å². The first-order chi connectivity index (χ1) is 12.1. The van der Waals surface area contributed by atoms with E-state index in [0.717, 1.165) is 0 Å². The molecule has 0 atom stereocenters. The van der Waals surface area contributed by atoms with Gasteiger partial charge in [0, 0.05) is 0 Å². The summed E-state index contributed by atoms with van der Waals surface area (Å²) in [6.45, 7) is -0.196. The normalized spacial score (nSPS) is 15.0. The number of ether oxygens (including phenoxy) is 1. The molecule has 0 saturated carbocycles. The number of rotatable bonds is 5. The quantitative estimate of drug-likeness (QED) is 0.736. The molecule has 0 spiro atoms. The lowest BCUT2D eigenvalue weighted by Crippen LogP contribution is -2.20. The van der Waals surface area contributed by atoms with Crippen LogP contribution in [0.25, 0.3) is 0 Å². The van der Waals surface area contributed by atoms with Crippen LogP contribution in [0.1, 0.15) is 16.6 Å². The minimum atomic E-state index is -0.649. The highest BCUT2D eigenvalue weighted by molar-refractivity contribution is 8.16. The third kappa shape index (κ3) is 5.06. The van der Waals surface area contributed by atoms with Crippen LogP contribution in [0.15, 0.2) is 42.5 Å². The van der Waals surface area contributed by atoms with Crippen LogP contribution in [0.3, 0.4) is 0 Å². The summed E-state index contributed by atoms with van der Waals surface area (Å²) in [5.41, 5.74) is 1.30. The van der Waals surface area contributed by atoms with E-state index in [9.17, 15) is 9.18 Å². The van der Waals surface area contributed by atoms with Crippen molar-refractivity contribution in [1.82, 2.24) is 0 Å². The molecule has 1 heterocycles. The molecule has 132 valence electrons. The zero-order valence-corrected chi connectivity index (χ0v) is 15.7. The molecular weight excluding hydrogens is 381 g/mol. The number of hydrogen-bond acceptors (Lipinski definition) is 4. The summed E-state index contributed by atoms with van der Waals surface area (Å²) in [4.78, 5) is 11.9. The van der Waals surface area contributed by atoms with E-state index in [0.29, 0.717) is 10.3 Å². The first-order valence-electron chi connectivity index (χ1n) is 7.83. The molecule has 2 aromatic rings. The number of thioether (sulfide) groups is 2. The average Bonchev–Trinajstić information content (AvgIpc) is 2.65. The highest BCUT2D eigenvalue weighted by atomic mass is 35.5. The van der Waals surface area contributed by atoms with Crippen molar-refractivity contribution >= 4 is 46.7 Å². The monoisotopic (exact) mass is 397 g/mol. The third-order valence-electron chi connectivity index (χ3n) is 3.58. The van der Waals surface area contributed by atoms with Crippen LogP contribution in [0.2, 0.25) is 5.02 Å². The van der Waals surface area contributed by atoms with Gasteiger partial charge < -0.3 is 10.1 Å². The molecule has 0 aromatic heterocycles. The molecule has 0 aliphatic carbocycles. The van der Waals surface area contributed by atoms with Gasteiger partial charge in [-0.3, -0.25) is 4.79 Å². The second kappa shape index (κ2) is 8.83. The van der Waals surface area contributed by atoms with E-state index < -0.39 is 11.7 Å². The molecule has 1 aliphatic heterocycles. The Morgan fingerprint density at radius 3 is 2.64 bits per heavy atom. The van der Waals surface area contributed by atoms with Gasteiger partial charge in [-0.2, -0.15) is 0 Å². The molecule has 2 aromatic carbocycles. The van der Waals surface area contributed by atoms with Crippen LogP contribution in [0.5, 0.6) is 5.75 Å². The summed E-state index contributed by atoms with van der Waals surface area (Å²) in [6, 6.07) is 12.2. The van der Waals surface area contributed by atoms with E-state index in [1.807, 2.05) is 47.8 Å². The fraction of sp³-hybridized carbons (Fsp3) is 0.278. The minimum absolute atomic E-state index is 0.0345. The van der Waals surface area contributed by atoms with Gasteiger partial charge in [-0.25, -0.2) is 4.39 Å². The standard InChI is InChI=1S/C18H17ClFNO2S2/c19-14-3-1-4-15(17(14)20)21-16(22)11-23-13-7-5-12(6-8-13)18-24-9-2-10-25-18/h1,3-8,18H,2,9-11H2,(H,21,22). The summed E-state index contributed by atoms with van der Waals surface area (Å²) in [7, 11) is 0. The maximum Gasteiger partial charge on any atom is 0.262 e. The van der Waals surface area contributed by atoms with Crippen LogP contribution < -0.4 is 10.1 Å². The van der Waals surface area contributed by atoms with E-state index in [4.69, 9.17) is 16.3 Å². The van der Waals surface area contributed by atoms with E-state index in [-0.39, 0.29) is 17.3 Å². The van der Waals surface area contributed by atoms with Crippen LogP contribution in [0, 0.1) is 5.82 Å². The predicted molar refractivity (Wildman–Crippen MR) is 104 cm³/mol. The van der Waals surface area contributed by atoms with Gasteiger partial charge in [0.1, 0.15) is 5.75 Å². The molecule has 1 fully saturated rings. The molecule has 3 nitrogen and oxygen atoms in total. The van der Waals surface area contributed by atoms with Crippen molar-refractivity contribution in [3.63, 3.8) is 0 Å². The second-order valence-corrected chi connectivity index (χ2v) is 8.57. The topological polar surface area (TPSA) is 38.3 Å². The fourth-order valence-corrected chi connectivity index (χ4v) is 5.41. The van der Waals surface area contributed by atoms with Gasteiger partial charge in [0.2, 0.25) is 0 Å². The predicted octanol–water partition coefficient (Wildman–Crippen LogP) is 5.37. The SMILES string of the molecule is O=C(COc1ccc(C2SCCCS2)cc1)Nc1cccc(Cl)c1F. The number of carbonyl (C=O) groups excluding carboxylic acids is 1. The van der Waals surface area contributed by atoms with Gasteiger partial charge >= 0.3 is 0 Å². The second-order valence-electron chi connectivity index (χ2n) is 5.43. The van der Waals surface area contributed by atoms with Crippen molar-refractivity contribution in [3.05, 3.63) is 58.9 Å². The fourth-order valence-electron chi connectivity index (χ4n) is 2.34. The van der Waals surface area contributed by atoms with E-state index in [1.165, 1.54) is 35.6 Å². The highest BCUT2D eigenvalue weighted by Crippen LogP contribution is 2.43. The molecule has 1 saturated heterocycles. The largest absolute Gasteiger partial charge is 0.484 e. The Labute approximate surface area is 159 Å². The number of carbonyl (C=O) groups is 1. The molecule has 1 aliphatic rings. The molecular formula is C18H17ClFNO2S2. The first-order valence-corrected chi connectivity index (χ1v) is 10.3. The van der Waals surface area contributed by atoms with Gasteiger partial charge in [-0.1, -0.05) is 29.8 Å². The van der Waals surface area contributed by atoms with E-state index in [2.05, 4.69) is 5.32 Å². The van der Waals surface area contributed by atoms with Gasteiger partial charge in [0.05, 0.1) is 15.3 Å². The number of amides is 1. The molecule has 7 heteroatoms. The molecule has 25 heavy (non-hydrogen) atoms. The maximum absolute atomic E-state index is 13.8. The van der Waals surface area contributed by atoms with Crippen molar-refractivity contribution in [1.29, 1.82) is 0 Å². The molecule has 0 radical (unpaired) electrons. The Morgan fingerprint density at radius 2 is 1.92 bits per heavy atom. The Balaban J connectivity index is 1.52. The number of anilines is 1. The Kier molecular flexibility index (Phi) is 6.51. The van der Waals surface area contributed by atoms with Gasteiger partial charge in [-0.15, -0.1) is 23.5 Å². The smallest absolute Gasteiger partial charge is 0.262 e. The number of hydrogen-bond donors (Lipinski definition) is 1. The summed E-state index contributed by atoms with van der Waals surface area (Å²) in [5.74, 6) is 1.90. The van der Waals surface area contributed by atoms with Crippen LogP contribution >= 0.6 is 35.1 Å². The molecule has 1 N–H and O–H groups in total. The Morgan fingerprint density at radius 1 is 1.20 bits per heavy atom. The number of nitrogens with one attached hydrogen (secondary N) is 1. The molecule has 0 bridgehead atoms. The van der Waals surface area contributed by atoms with Gasteiger partial charge in [0.15, 0.2) is 12.4 Å². The third-order valence-corrected chi connectivity index (χ3v) is 6.88. The van der Waals surface area contributed by atoms with Crippen molar-refractivity contribution in [2.75, 3.05) is 23.4 Å². The summed E-state index contributed by atoms with van der Waals surface area (Å²) in [6.07, 6.45) is 1.26. The zero-order valence-electron chi connectivity index (χ0n) is 13.3. The molecule has 0 unspecified atom stereocenters.